The molecule has 2 aromatic rings. The van der Waals surface area contributed by atoms with E-state index in [4.69, 9.17) is 16.3 Å². The van der Waals surface area contributed by atoms with Crippen molar-refractivity contribution in [3.8, 4) is 5.75 Å². The number of sulfonamides is 1. The number of hydrogen-bond acceptors (Lipinski definition) is 4. The number of rotatable bonds is 6. The first-order valence-electron chi connectivity index (χ1n) is 8.52. The lowest BCUT2D eigenvalue weighted by Gasteiger charge is -2.23. The van der Waals surface area contributed by atoms with Crippen LogP contribution in [0.15, 0.2) is 47.4 Å². The third-order valence-corrected chi connectivity index (χ3v) is 6.87. The van der Waals surface area contributed by atoms with Crippen LogP contribution in [0.3, 0.4) is 0 Å². The Labute approximate surface area is 163 Å². The molecule has 1 N–H and O–H groups in total. The van der Waals surface area contributed by atoms with Gasteiger partial charge in [-0.05, 0) is 43.0 Å². The third-order valence-electron chi connectivity index (χ3n) is 4.54. The lowest BCUT2D eigenvalue weighted by atomic mass is 10.2. The van der Waals surface area contributed by atoms with Crippen molar-refractivity contribution in [2.75, 3.05) is 6.54 Å². The smallest absolute Gasteiger partial charge is 0.322 e. The van der Waals surface area contributed by atoms with E-state index in [1.54, 1.807) is 13.0 Å². The quantitative estimate of drug-likeness (QED) is 0.789. The fourth-order valence-corrected chi connectivity index (χ4v) is 5.11. The van der Waals surface area contributed by atoms with Crippen molar-refractivity contribution in [1.82, 2.24) is 4.31 Å². The van der Waals surface area contributed by atoms with E-state index >= 15 is 0 Å². The molecule has 3 rings (SSSR count). The minimum Gasteiger partial charge on any atom is -0.487 e. The van der Waals surface area contributed by atoms with Crippen molar-refractivity contribution < 1.29 is 23.1 Å². The first-order valence-corrected chi connectivity index (χ1v) is 10.3. The molecule has 1 aliphatic rings. The second kappa shape index (κ2) is 7.88. The molecule has 0 radical (unpaired) electrons. The van der Waals surface area contributed by atoms with E-state index in [1.165, 1.54) is 6.07 Å². The summed E-state index contributed by atoms with van der Waals surface area (Å²) in [5.74, 6) is -0.988. The average molecular weight is 410 g/mol. The van der Waals surface area contributed by atoms with Gasteiger partial charge in [0.05, 0.1) is 0 Å². The third kappa shape index (κ3) is 4.10. The highest BCUT2D eigenvalue weighted by Gasteiger charge is 2.41. The average Bonchev–Trinajstić information content (AvgIpc) is 3.14. The molecular formula is C19H20ClNO5S. The van der Waals surface area contributed by atoms with Crippen molar-refractivity contribution in [3.05, 3.63) is 58.6 Å². The predicted octanol–water partition coefficient (Wildman–Crippen LogP) is 3.47. The molecular weight excluding hydrogens is 390 g/mol. The number of benzene rings is 2. The Kier molecular flexibility index (Phi) is 5.74. The lowest BCUT2D eigenvalue weighted by Crippen LogP contribution is -2.40. The molecule has 6 nitrogen and oxygen atoms in total. The number of aliphatic carboxylic acids is 1. The van der Waals surface area contributed by atoms with Crippen molar-refractivity contribution in [1.29, 1.82) is 0 Å². The largest absolute Gasteiger partial charge is 0.487 e. The second-order valence-corrected chi connectivity index (χ2v) is 8.70. The molecule has 0 spiro atoms. The molecule has 0 saturated carbocycles. The van der Waals surface area contributed by atoms with Crippen molar-refractivity contribution in [2.24, 2.45) is 0 Å². The zero-order valence-electron chi connectivity index (χ0n) is 14.8. The molecule has 1 saturated heterocycles. The van der Waals surface area contributed by atoms with E-state index in [1.807, 2.05) is 30.3 Å². The van der Waals surface area contributed by atoms with Gasteiger partial charge in [0.15, 0.2) is 0 Å². The fourth-order valence-electron chi connectivity index (χ4n) is 3.09. The minimum absolute atomic E-state index is 0.109. The van der Waals surface area contributed by atoms with E-state index in [-0.39, 0.29) is 35.2 Å². The summed E-state index contributed by atoms with van der Waals surface area (Å²) in [6.45, 7) is 2.10. The maximum absolute atomic E-state index is 13.2. The van der Waals surface area contributed by atoms with E-state index in [0.717, 1.165) is 9.87 Å². The number of ether oxygens (including phenoxy) is 1. The Morgan fingerprint density at radius 3 is 2.67 bits per heavy atom. The SMILES string of the molecule is Cc1cc(OCc2ccccc2)c(S(=O)(=O)N2CCC[C@H]2C(=O)O)cc1Cl. The number of nitrogens with zero attached hydrogens (tertiary/aromatic N) is 1. The molecule has 1 heterocycles. The van der Waals surface area contributed by atoms with E-state index in [9.17, 15) is 18.3 Å². The Balaban J connectivity index is 1.98. The summed E-state index contributed by atoms with van der Waals surface area (Å²) >= 11 is 6.16. The molecule has 0 aliphatic carbocycles. The second-order valence-electron chi connectivity index (χ2n) is 6.43. The zero-order chi connectivity index (χ0) is 19.6. The van der Waals surface area contributed by atoms with Gasteiger partial charge in [0.1, 0.15) is 23.3 Å². The molecule has 1 aliphatic heterocycles. The summed E-state index contributed by atoms with van der Waals surface area (Å²) in [7, 11) is -4.06. The van der Waals surface area contributed by atoms with Crippen LogP contribution >= 0.6 is 11.6 Å². The Morgan fingerprint density at radius 2 is 2.00 bits per heavy atom. The van der Waals surface area contributed by atoms with Crippen molar-refractivity contribution in [2.45, 2.75) is 37.3 Å². The number of carboxylic acid groups (broad SMARTS) is 1. The summed E-state index contributed by atoms with van der Waals surface area (Å²) in [6, 6.07) is 11.2. The van der Waals surface area contributed by atoms with E-state index in [0.29, 0.717) is 12.0 Å². The van der Waals surface area contributed by atoms with Gasteiger partial charge in [0.25, 0.3) is 0 Å². The number of halogens is 1. The van der Waals surface area contributed by atoms with Crippen LogP contribution in [0.4, 0.5) is 0 Å². The molecule has 0 aromatic heterocycles. The predicted molar refractivity (Wildman–Crippen MR) is 102 cm³/mol. The molecule has 1 atom stereocenters. The Bertz CT molecular complexity index is 946. The minimum atomic E-state index is -4.06. The van der Waals surface area contributed by atoms with Gasteiger partial charge in [0, 0.05) is 11.6 Å². The maximum Gasteiger partial charge on any atom is 0.322 e. The normalized spacial score (nSPS) is 17.8. The van der Waals surface area contributed by atoms with Gasteiger partial charge < -0.3 is 9.84 Å². The topological polar surface area (TPSA) is 83.9 Å². The van der Waals surface area contributed by atoms with Crippen LogP contribution in [0.2, 0.25) is 5.02 Å². The van der Waals surface area contributed by atoms with Gasteiger partial charge >= 0.3 is 5.97 Å². The molecule has 8 heteroatoms. The zero-order valence-corrected chi connectivity index (χ0v) is 16.3. The number of carboxylic acids is 1. The standard InChI is InChI=1S/C19H20ClNO5S/c1-13-10-17(26-12-14-6-3-2-4-7-14)18(11-15(13)20)27(24,25)21-9-5-8-16(21)19(22)23/h2-4,6-7,10-11,16H,5,8-9,12H2,1H3,(H,22,23)/t16-/m0/s1. The summed E-state index contributed by atoms with van der Waals surface area (Å²) in [6.07, 6.45) is 0.782. The van der Waals surface area contributed by atoms with Gasteiger partial charge in [-0.3, -0.25) is 4.79 Å². The first-order chi connectivity index (χ1) is 12.8. The fraction of sp³-hybridized carbons (Fsp3) is 0.316. The van der Waals surface area contributed by atoms with Gasteiger partial charge in [-0.1, -0.05) is 41.9 Å². The highest BCUT2D eigenvalue weighted by Crippen LogP contribution is 2.35. The maximum atomic E-state index is 13.2. The van der Waals surface area contributed by atoms with Crippen LogP contribution in [-0.4, -0.2) is 36.4 Å². The molecule has 144 valence electrons. The monoisotopic (exact) mass is 409 g/mol. The first kappa shape index (κ1) is 19.7. The molecule has 0 amide bonds. The van der Waals surface area contributed by atoms with E-state index < -0.39 is 22.0 Å². The van der Waals surface area contributed by atoms with Gasteiger partial charge in [-0.25, -0.2) is 8.42 Å². The summed E-state index contributed by atoms with van der Waals surface area (Å²) in [5.41, 5.74) is 1.56. The van der Waals surface area contributed by atoms with Gasteiger partial charge in [0.2, 0.25) is 10.0 Å². The lowest BCUT2D eigenvalue weighted by molar-refractivity contribution is -0.140. The van der Waals surface area contributed by atoms with Gasteiger partial charge in [-0.15, -0.1) is 0 Å². The van der Waals surface area contributed by atoms with Crippen LogP contribution in [0.5, 0.6) is 5.75 Å². The molecule has 27 heavy (non-hydrogen) atoms. The van der Waals surface area contributed by atoms with Crippen LogP contribution in [0, 0.1) is 6.92 Å². The van der Waals surface area contributed by atoms with Crippen LogP contribution < -0.4 is 4.74 Å². The molecule has 0 unspecified atom stereocenters. The summed E-state index contributed by atoms with van der Waals surface area (Å²) in [5, 5.41) is 9.63. The summed E-state index contributed by atoms with van der Waals surface area (Å²) < 4.78 is 33.1. The Hall–Kier alpha value is -2.09. The summed E-state index contributed by atoms with van der Waals surface area (Å²) in [4.78, 5) is 11.3. The van der Waals surface area contributed by atoms with Crippen LogP contribution in [0.25, 0.3) is 0 Å². The van der Waals surface area contributed by atoms with E-state index in [2.05, 4.69) is 0 Å². The Morgan fingerprint density at radius 1 is 1.30 bits per heavy atom. The number of carbonyl (C=O) groups is 1. The molecule has 0 bridgehead atoms. The van der Waals surface area contributed by atoms with Crippen molar-refractivity contribution >= 4 is 27.6 Å². The van der Waals surface area contributed by atoms with Crippen molar-refractivity contribution in [3.63, 3.8) is 0 Å². The highest BCUT2D eigenvalue weighted by molar-refractivity contribution is 7.89. The van der Waals surface area contributed by atoms with Crippen LogP contribution in [-0.2, 0) is 21.4 Å². The highest BCUT2D eigenvalue weighted by atomic mass is 35.5. The number of aryl methyl sites for hydroxylation is 1. The molecule has 2 aromatic carbocycles. The number of hydrogen-bond donors (Lipinski definition) is 1. The van der Waals surface area contributed by atoms with Crippen LogP contribution in [0.1, 0.15) is 24.0 Å². The molecule has 1 fully saturated rings. The van der Waals surface area contributed by atoms with Gasteiger partial charge in [-0.2, -0.15) is 4.31 Å².